The van der Waals surface area contributed by atoms with Crippen molar-refractivity contribution in [3.63, 3.8) is 0 Å². The molecular formula is C12H19NOS. The second-order valence-electron chi connectivity index (χ2n) is 4.21. The topological polar surface area (TPSA) is 21.3 Å². The van der Waals surface area contributed by atoms with Crippen molar-refractivity contribution in [2.75, 3.05) is 20.3 Å². The van der Waals surface area contributed by atoms with E-state index in [2.05, 4.69) is 29.2 Å². The Labute approximate surface area is 95.6 Å². The van der Waals surface area contributed by atoms with Gasteiger partial charge < -0.3 is 10.1 Å². The molecule has 84 valence electrons. The first kappa shape index (κ1) is 11.1. The van der Waals surface area contributed by atoms with Crippen molar-refractivity contribution < 1.29 is 4.74 Å². The molecular weight excluding hydrogens is 206 g/mol. The molecule has 0 radical (unpaired) electrons. The van der Waals surface area contributed by atoms with Crippen LogP contribution in [0.25, 0.3) is 0 Å². The second-order valence-corrected chi connectivity index (χ2v) is 4.99. The molecule has 0 bridgehead atoms. The highest BCUT2D eigenvalue weighted by molar-refractivity contribution is 7.07. The third kappa shape index (κ3) is 3.03. The summed E-state index contributed by atoms with van der Waals surface area (Å²) in [6.45, 7) is 1.88. The standard InChI is InChI=1S/C12H19NOS/c1-13-12(7-10-4-6-15-9-10)11-3-2-5-14-8-11/h4,6,9,11-13H,2-3,5,7-8H2,1H3. The summed E-state index contributed by atoms with van der Waals surface area (Å²) in [5.41, 5.74) is 1.45. The molecule has 0 aliphatic carbocycles. The predicted octanol–water partition coefficient (Wildman–Crippen LogP) is 2.31. The van der Waals surface area contributed by atoms with Gasteiger partial charge in [-0.05, 0) is 54.6 Å². The van der Waals surface area contributed by atoms with Crippen LogP contribution in [0.15, 0.2) is 16.8 Å². The summed E-state index contributed by atoms with van der Waals surface area (Å²) in [4.78, 5) is 0. The lowest BCUT2D eigenvalue weighted by Gasteiger charge is -2.29. The zero-order chi connectivity index (χ0) is 10.5. The summed E-state index contributed by atoms with van der Waals surface area (Å²) in [6.07, 6.45) is 3.65. The van der Waals surface area contributed by atoms with Gasteiger partial charge in [-0.15, -0.1) is 0 Å². The van der Waals surface area contributed by atoms with Gasteiger partial charge in [0.25, 0.3) is 0 Å². The quantitative estimate of drug-likeness (QED) is 0.849. The summed E-state index contributed by atoms with van der Waals surface area (Å²) < 4.78 is 5.55. The summed E-state index contributed by atoms with van der Waals surface area (Å²) >= 11 is 1.78. The first-order valence-corrected chi connectivity index (χ1v) is 6.60. The van der Waals surface area contributed by atoms with E-state index in [-0.39, 0.29) is 0 Å². The number of likely N-dealkylation sites (N-methyl/N-ethyl adjacent to an activating group) is 1. The lowest BCUT2D eigenvalue weighted by molar-refractivity contribution is 0.0405. The van der Waals surface area contributed by atoms with E-state index in [1.54, 1.807) is 11.3 Å². The molecule has 15 heavy (non-hydrogen) atoms. The smallest absolute Gasteiger partial charge is 0.0509 e. The van der Waals surface area contributed by atoms with E-state index in [4.69, 9.17) is 4.74 Å². The van der Waals surface area contributed by atoms with E-state index < -0.39 is 0 Å². The van der Waals surface area contributed by atoms with Crippen LogP contribution in [0.4, 0.5) is 0 Å². The van der Waals surface area contributed by atoms with Gasteiger partial charge >= 0.3 is 0 Å². The molecule has 1 aromatic heterocycles. The van der Waals surface area contributed by atoms with Gasteiger partial charge in [-0.25, -0.2) is 0 Å². The molecule has 2 rings (SSSR count). The van der Waals surface area contributed by atoms with Crippen molar-refractivity contribution in [3.8, 4) is 0 Å². The number of hydrogen-bond donors (Lipinski definition) is 1. The van der Waals surface area contributed by atoms with E-state index in [0.717, 1.165) is 19.6 Å². The predicted molar refractivity (Wildman–Crippen MR) is 64.4 cm³/mol. The van der Waals surface area contributed by atoms with E-state index in [9.17, 15) is 0 Å². The van der Waals surface area contributed by atoms with Gasteiger partial charge in [0, 0.05) is 12.6 Å². The Bertz CT molecular complexity index is 267. The Morgan fingerprint density at radius 1 is 1.67 bits per heavy atom. The Morgan fingerprint density at radius 2 is 2.60 bits per heavy atom. The molecule has 1 aromatic rings. The number of thiophene rings is 1. The number of rotatable bonds is 4. The molecule has 3 heteroatoms. The van der Waals surface area contributed by atoms with Gasteiger partial charge in [0.15, 0.2) is 0 Å². The van der Waals surface area contributed by atoms with Gasteiger partial charge in [0.05, 0.1) is 6.61 Å². The van der Waals surface area contributed by atoms with Gasteiger partial charge in [-0.2, -0.15) is 11.3 Å². The maximum absolute atomic E-state index is 5.55. The van der Waals surface area contributed by atoms with Crippen LogP contribution in [0.5, 0.6) is 0 Å². The molecule has 0 amide bonds. The monoisotopic (exact) mass is 225 g/mol. The minimum Gasteiger partial charge on any atom is -0.381 e. The van der Waals surface area contributed by atoms with Crippen molar-refractivity contribution in [3.05, 3.63) is 22.4 Å². The highest BCUT2D eigenvalue weighted by atomic mass is 32.1. The van der Waals surface area contributed by atoms with Crippen LogP contribution in [-0.4, -0.2) is 26.3 Å². The van der Waals surface area contributed by atoms with Crippen LogP contribution in [-0.2, 0) is 11.2 Å². The molecule has 0 spiro atoms. The van der Waals surface area contributed by atoms with Crippen LogP contribution in [0, 0.1) is 5.92 Å². The fourth-order valence-electron chi connectivity index (χ4n) is 2.25. The maximum Gasteiger partial charge on any atom is 0.0509 e. The Hall–Kier alpha value is -0.380. The zero-order valence-corrected chi connectivity index (χ0v) is 10.1. The summed E-state index contributed by atoms with van der Waals surface area (Å²) in [5, 5.41) is 7.83. The first-order valence-electron chi connectivity index (χ1n) is 5.66. The van der Waals surface area contributed by atoms with Crippen LogP contribution in [0.1, 0.15) is 18.4 Å². The Morgan fingerprint density at radius 3 is 3.20 bits per heavy atom. The average Bonchev–Trinajstić information content (AvgIpc) is 2.80. The van der Waals surface area contributed by atoms with Crippen molar-refractivity contribution in [2.24, 2.45) is 5.92 Å². The molecule has 0 aromatic carbocycles. The van der Waals surface area contributed by atoms with Crippen LogP contribution in [0.3, 0.4) is 0 Å². The van der Waals surface area contributed by atoms with E-state index in [0.29, 0.717) is 12.0 Å². The summed E-state index contributed by atoms with van der Waals surface area (Å²) in [7, 11) is 2.06. The van der Waals surface area contributed by atoms with Crippen molar-refractivity contribution >= 4 is 11.3 Å². The van der Waals surface area contributed by atoms with E-state index >= 15 is 0 Å². The van der Waals surface area contributed by atoms with E-state index in [1.807, 2.05) is 0 Å². The Kier molecular flexibility index (Phi) is 4.18. The third-order valence-electron chi connectivity index (χ3n) is 3.17. The minimum atomic E-state index is 0.569. The molecule has 2 heterocycles. The van der Waals surface area contributed by atoms with Crippen molar-refractivity contribution in [1.82, 2.24) is 5.32 Å². The lowest BCUT2D eigenvalue weighted by atomic mass is 9.90. The third-order valence-corrected chi connectivity index (χ3v) is 3.90. The first-order chi connectivity index (χ1) is 7.40. The van der Waals surface area contributed by atoms with Crippen LogP contribution >= 0.6 is 11.3 Å². The van der Waals surface area contributed by atoms with Crippen LogP contribution < -0.4 is 5.32 Å². The fourth-order valence-corrected chi connectivity index (χ4v) is 2.93. The minimum absolute atomic E-state index is 0.569. The molecule has 1 fully saturated rings. The maximum atomic E-state index is 5.55. The average molecular weight is 225 g/mol. The van der Waals surface area contributed by atoms with Crippen LogP contribution in [0.2, 0.25) is 0 Å². The van der Waals surface area contributed by atoms with Crippen molar-refractivity contribution in [2.45, 2.75) is 25.3 Å². The fraction of sp³-hybridized carbons (Fsp3) is 0.667. The van der Waals surface area contributed by atoms with Gasteiger partial charge in [-0.3, -0.25) is 0 Å². The van der Waals surface area contributed by atoms with Gasteiger partial charge in [-0.1, -0.05) is 0 Å². The van der Waals surface area contributed by atoms with Gasteiger partial charge in [0.1, 0.15) is 0 Å². The molecule has 2 nitrogen and oxygen atoms in total. The second kappa shape index (κ2) is 5.64. The molecule has 1 aliphatic rings. The Balaban J connectivity index is 1.91. The molecule has 2 atom stereocenters. The normalized spacial score (nSPS) is 23.9. The van der Waals surface area contributed by atoms with Gasteiger partial charge in [0.2, 0.25) is 0 Å². The molecule has 0 saturated carbocycles. The SMILES string of the molecule is CNC(Cc1ccsc1)C1CCCOC1. The highest BCUT2D eigenvalue weighted by Gasteiger charge is 2.23. The summed E-state index contributed by atoms with van der Waals surface area (Å²) in [6, 6.07) is 2.79. The molecule has 1 saturated heterocycles. The number of nitrogens with one attached hydrogen (secondary N) is 1. The van der Waals surface area contributed by atoms with Crippen molar-refractivity contribution in [1.29, 1.82) is 0 Å². The summed E-state index contributed by atoms with van der Waals surface area (Å²) in [5.74, 6) is 0.684. The van der Waals surface area contributed by atoms with E-state index in [1.165, 1.54) is 18.4 Å². The molecule has 1 aliphatic heterocycles. The zero-order valence-electron chi connectivity index (χ0n) is 9.24. The highest BCUT2D eigenvalue weighted by Crippen LogP contribution is 2.20. The molecule has 1 N–H and O–H groups in total. The largest absolute Gasteiger partial charge is 0.381 e. The molecule has 2 unspecified atom stereocenters. The number of hydrogen-bond acceptors (Lipinski definition) is 3. The lowest BCUT2D eigenvalue weighted by Crippen LogP contribution is -2.39. The number of ether oxygens (including phenoxy) is 1.